The standard InChI is InChI=1S/C24H33ClN3O9PS/c1-6-35-24(31)28-19-10-9-17(25)13-18(19)20(26-23(30)15(4)38(32,36-7-2)37-8-3)21(28)22(29)16-11-12-27(14-16)39(5,33)34/h9-10,13,15-16H,6-8,11-12,14H2,1-5H3,(H,26,30). The van der Waals surface area contributed by atoms with Gasteiger partial charge in [0.25, 0.3) is 0 Å². The van der Waals surface area contributed by atoms with E-state index in [9.17, 15) is 27.4 Å². The zero-order valence-electron chi connectivity index (χ0n) is 22.4. The highest BCUT2D eigenvalue weighted by atomic mass is 35.5. The molecule has 2 atom stereocenters. The molecule has 1 amide bonds. The van der Waals surface area contributed by atoms with E-state index >= 15 is 0 Å². The topological polar surface area (TPSA) is 150 Å². The predicted octanol–water partition coefficient (Wildman–Crippen LogP) is 4.36. The van der Waals surface area contributed by atoms with Gasteiger partial charge in [0.05, 0.1) is 37.3 Å². The fourth-order valence-electron chi connectivity index (χ4n) is 4.43. The molecule has 3 rings (SSSR count). The highest BCUT2D eigenvalue weighted by Crippen LogP contribution is 2.53. The summed E-state index contributed by atoms with van der Waals surface area (Å²) in [7, 11) is -7.43. The van der Waals surface area contributed by atoms with E-state index in [0.717, 1.165) is 10.8 Å². The number of fused-ring (bicyclic) bond motifs is 1. The lowest BCUT2D eigenvalue weighted by Crippen LogP contribution is -2.31. The van der Waals surface area contributed by atoms with Gasteiger partial charge in [-0.05, 0) is 52.3 Å². The van der Waals surface area contributed by atoms with Gasteiger partial charge in [-0.2, -0.15) is 0 Å². The number of ketones is 1. The minimum Gasteiger partial charge on any atom is -0.449 e. The molecule has 1 N–H and O–H groups in total. The Hall–Kier alpha value is -2.28. The van der Waals surface area contributed by atoms with Gasteiger partial charge in [0, 0.05) is 29.4 Å². The number of rotatable bonds is 11. The lowest BCUT2D eigenvalue weighted by molar-refractivity contribution is -0.116. The molecule has 1 aliphatic heterocycles. The van der Waals surface area contributed by atoms with Gasteiger partial charge in [-0.25, -0.2) is 22.1 Å². The smallest absolute Gasteiger partial charge is 0.419 e. The van der Waals surface area contributed by atoms with E-state index in [-0.39, 0.29) is 66.6 Å². The molecule has 1 aromatic heterocycles. The van der Waals surface area contributed by atoms with Crippen molar-refractivity contribution < 1.29 is 41.2 Å². The lowest BCUT2D eigenvalue weighted by atomic mass is 9.99. The molecule has 0 aliphatic carbocycles. The van der Waals surface area contributed by atoms with Gasteiger partial charge >= 0.3 is 13.7 Å². The van der Waals surface area contributed by atoms with Crippen LogP contribution in [0.3, 0.4) is 0 Å². The zero-order chi connectivity index (χ0) is 29.1. The fraction of sp³-hybridized carbons (Fsp3) is 0.542. The molecule has 15 heteroatoms. The average Bonchev–Trinajstić information content (AvgIpc) is 3.47. The predicted molar refractivity (Wildman–Crippen MR) is 147 cm³/mol. The number of nitrogens with one attached hydrogen (secondary N) is 1. The second-order valence-corrected chi connectivity index (χ2v) is 13.7. The van der Waals surface area contributed by atoms with Crippen LogP contribution in [0.25, 0.3) is 10.9 Å². The van der Waals surface area contributed by atoms with Crippen LogP contribution in [0.2, 0.25) is 5.02 Å². The molecule has 216 valence electrons. The molecule has 0 radical (unpaired) electrons. The largest absolute Gasteiger partial charge is 0.449 e. The molecular formula is C24H33ClN3O9PS. The van der Waals surface area contributed by atoms with Crippen molar-refractivity contribution in [3.63, 3.8) is 0 Å². The molecular weight excluding hydrogens is 573 g/mol. The number of hydrogen-bond donors (Lipinski definition) is 1. The molecule has 12 nitrogen and oxygen atoms in total. The molecule has 0 spiro atoms. The summed E-state index contributed by atoms with van der Waals surface area (Å²) in [4.78, 5) is 40.5. The lowest BCUT2D eigenvalue weighted by Gasteiger charge is -2.23. The third-order valence-electron chi connectivity index (χ3n) is 6.32. The number of nitrogens with zero attached hydrogens (tertiary/aromatic N) is 2. The van der Waals surface area contributed by atoms with Crippen LogP contribution < -0.4 is 5.32 Å². The molecule has 0 saturated carbocycles. The number of Topliss-reactive ketones (excluding diaryl/α,β-unsaturated/α-hetero) is 1. The van der Waals surface area contributed by atoms with E-state index < -0.39 is 47.0 Å². The number of ether oxygens (including phenoxy) is 1. The van der Waals surface area contributed by atoms with Crippen LogP contribution in [-0.4, -0.2) is 79.9 Å². The van der Waals surface area contributed by atoms with Gasteiger partial charge in [-0.15, -0.1) is 0 Å². The Morgan fingerprint density at radius 2 is 1.79 bits per heavy atom. The minimum atomic E-state index is -3.88. The maximum Gasteiger partial charge on any atom is 0.419 e. The van der Waals surface area contributed by atoms with Crippen LogP contribution in [0.15, 0.2) is 18.2 Å². The van der Waals surface area contributed by atoms with Crippen molar-refractivity contribution in [3.05, 3.63) is 28.9 Å². The Kier molecular flexibility index (Phi) is 10.0. The Labute approximate surface area is 232 Å². The number of carbonyl (C=O) groups excluding carboxylic acids is 3. The molecule has 1 aromatic carbocycles. The van der Waals surface area contributed by atoms with Crippen molar-refractivity contribution in [3.8, 4) is 0 Å². The number of sulfonamides is 1. The van der Waals surface area contributed by atoms with E-state index in [1.54, 1.807) is 20.8 Å². The Bertz CT molecular complexity index is 1420. The van der Waals surface area contributed by atoms with Crippen LogP contribution in [0.5, 0.6) is 0 Å². The number of carbonyl (C=O) groups is 3. The minimum absolute atomic E-state index is 0.00956. The first-order valence-electron chi connectivity index (χ1n) is 12.5. The number of anilines is 1. The van der Waals surface area contributed by atoms with Gasteiger partial charge in [0.2, 0.25) is 15.9 Å². The van der Waals surface area contributed by atoms with E-state index in [1.807, 2.05) is 0 Å². The summed E-state index contributed by atoms with van der Waals surface area (Å²) < 4.78 is 55.5. The monoisotopic (exact) mass is 605 g/mol. The highest BCUT2D eigenvalue weighted by molar-refractivity contribution is 7.88. The van der Waals surface area contributed by atoms with Gasteiger partial charge in [-0.1, -0.05) is 11.6 Å². The zero-order valence-corrected chi connectivity index (χ0v) is 24.9. The summed E-state index contributed by atoms with van der Waals surface area (Å²) in [5, 5.41) is 3.19. The molecule has 2 heterocycles. The summed E-state index contributed by atoms with van der Waals surface area (Å²) in [6, 6.07) is 4.50. The van der Waals surface area contributed by atoms with Crippen molar-refractivity contribution >= 4 is 63.6 Å². The Morgan fingerprint density at radius 1 is 1.15 bits per heavy atom. The third-order valence-corrected chi connectivity index (χ3v) is 10.2. The Balaban J connectivity index is 2.18. The summed E-state index contributed by atoms with van der Waals surface area (Å²) >= 11 is 6.24. The molecule has 1 saturated heterocycles. The van der Waals surface area contributed by atoms with Crippen molar-refractivity contribution in [2.75, 3.05) is 44.5 Å². The average molecular weight is 606 g/mol. The van der Waals surface area contributed by atoms with E-state index in [1.165, 1.54) is 29.4 Å². The third kappa shape index (κ3) is 6.55. The maximum absolute atomic E-state index is 13.9. The van der Waals surface area contributed by atoms with Gasteiger partial charge in [0.15, 0.2) is 5.78 Å². The van der Waals surface area contributed by atoms with E-state index in [4.69, 9.17) is 25.4 Å². The number of hydrogen-bond acceptors (Lipinski definition) is 9. The van der Waals surface area contributed by atoms with Crippen LogP contribution in [0, 0.1) is 5.92 Å². The normalized spacial score (nSPS) is 17.3. The Morgan fingerprint density at radius 3 is 2.33 bits per heavy atom. The first kappa shape index (κ1) is 31.3. The summed E-state index contributed by atoms with van der Waals surface area (Å²) in [6.07, 6.45) is 0.401. The van der Waals surface area contributed by atoms with Crippen molar-refractivity contribution in [1.29, 1.82) is 0 Å². The fourth-order valence-corrected chi connectivity index (χ4v) is 7.08. The number of amides is 1. The molecule has 2 aromatic rings. The molecule has 1 aliphatic rings. The van der Waals surface area contributed by atoms with Crippen molar-refractivity contribution in [2.24, 2.45) is 5.92 Å². The van der Waals surface area contributed by atoms with Crippen molar-refractivity contribution in [1.82, 2.24) is 8.87 Å². The van der Waals surface area contributed by atoms with E-state index in [0.29, 0.717) is 0 Å². The van der Waals surface area contributed by atoms with Gasteiger partial charge < -0.3 is 19.1 Å². The van der Waals surface area contributed by atoms with Crippen LogP contribution in [0.1, 0.15) is 44.6 Å². The molecule has 2 unspecified atom stereocenters. The summed E-state index contributed by atoms with van der Waals surface area (Å²) in [6.45, 7) is 6.34. The highest BCUT2D eigenvalue weighted by Gasteiger charge is 2.41. The first-order chi connectivity index (χ1) is 18.3. The molecule has 0 bridgehead atoms. The second kappa shape index (κ2) is 12.5. The number of benzene rings is 1. The van der Waals surface area contributed by atoms with Crippen LogP contribution in [-0.2, 0) is 33.2 Å². The molecule has 39 heavy (non-hydrogen) atoms. The maximum atomic E-state index is 13.9. The molecule has 1 fully saturated rings. The number of halogens is 1. The quantitative estimate of drug-likeness (QED) is 0.291. The number of aromatic nitrogens is 1. The summed E-state index contributed by atoms with van der Waals surface area (Å²) in [5.41, 5.74) is -1.28. The summed E-state index contributed by atoms with van der Waals surface area (Å²) in [5.74, 6) is -2.14. The first-order valence-corrected chi connectivity index (χ1v) is 16.3. The SMILES string of the molecule is CCOC(=O)n1c(C(=O)C2CCN(S(C)(=O)=O)C2)c(NC(=O)C(C)P(=O)(OCC)OCC)c2cc(Cl)ccc21. The van der Waals surface area contributed by atoms with Crippen LogP contribution in [0.4, 0.5) is 10.5 Å². The van der Waals surface area contributed by atoms with Gasteiger partial charge in [0.1, 0.15) is 11.4 Å². The van der Waals surface area contributed by atoms with Crippen LogP contribution >= 0.6 is 19.2 Å². The van der Waals surface area contributed by atoms with Gasteiger partial charge in [-0.3, -0.25) is 14.2 Å². The second-order valence-electron chi connectivity index (χ2n) is 8.93. The van der Waals surface area contributed by atoms with E-state index in [2.05, 4.69) is 5.32 Å². The van der Waals surface area contributed by atoms with Crippen molar-refractivity contribution in [2.45, 2.75) is 39.8 Å².